The Morgan fingerprint density at radius 2 is 2.11 bits per heavy atom. The van der Waals surface area contributed by atoms with Crippen LogP contribution in [0.4, 0.5) is 0 Å². The quantitative estimate of drug-likeness (QED) is 0.854. The Bertz CT molecular complexity index is 536. The maximum atomic E-state index is 4.55. The van der Waals surface area contributed by atoms with Gasteiger partial charge in [-0.25, -0.2) is 0 Å². The number of thiophene rings is 1. The van der Waals surface area contributed by atoms with Crippen molar-refractivity contribution >= 4 is 27.3 Å². The number of rotatable bonds is 5. The van der Waals surface area contributed by atoms with Gasteiger partial charge in [-0.15, -0.1) is 11.3 Å². The van der Waals surface area contributed by atoms with E-state index in [0.29, 0.717) is 12.0 Å². The smallest absolute Gasteiger partial charge is 0.0701 e. The number of pyridine rings is 1. The second kappa shape index (κ2) is 6.64. The molecule has 19 heavy (non-hydrogen) atoms. The zero-order valence-electron chi connectivity index (χ0n) is 11.5. The van der Waals surface area contributed by atoms with Crippen LogP contribution in [0, 0.1) is 12.8 Å². The summed E-state index contributed by atoms with van der Waals surface area (Å²) in [4.78, 5) is 5.89. The molecule has 4 heteroatoms. The van der Waals surface area contributed by atoms with Crippen LogP contribution in [0.1, 0.15) is 36.0 Å². The summed E-state index contributed by atoms with van der Waals surface area (Å²) < 4.78 is 1.18. The van der Waals surface area contributed by atoms with Crippen molar-refractivity contribution in [2.45, 2.75) is 33.4 Å². The summed E-state index contributed by atoms with van der Waals surface area (Å²) in [6.45, 7) is 7.47. The van der Waals surface area contributed by atoms with Gasteiger partial charge in [-0.05, 0) is 52.5 Å². The third-order valence-corrected chi connectivity index (χ3v) is 4.76. The highest BCUT2D eigenvalue weighted by Crippen LogP contribution is 2.25. The summed E-state index contributed by atoms with van der Waals surface area (Å²) in [5.41, 5.74) is 2.41. The summed E-state index contributed by atoms with van der Waals surface area (Å²) in [7, 11) is 0. The Hall–Kier alpha value is -0.710. The first-order chi connectivity index (χ1) is 9.08. The van der Waals surface area contributed by atoms with E-state index in [1.165, 1.54) is 14.2 Å². The highest BCUT2D eigenvalue weighted by molar-refractivity contribution is 9.11. The van der Waals surface area contributed by atoms with Crippen molar-refractivity contribution in [2.75, 3.05) is 0 Å². The fourth-order valence-electron chi connectivity index (χ4n) is 2.13. The fraction of sp³-hybridized carbons (Fsp3) is 0.400. The lowest BCUT2D eigenvalue weighted by atomic mass is 9.97. The molecule has 0 saturated carbocycles. The molecule has 0 amide bonds. The minimum atomic E-state index is 0.294. The van der Waals surface area contributed by atoms with Gasteiger partial charge in [-0.3, -0.25) is 4.98 Å². The molecule has 0 spiro atoms. The molecule has 0 aliphatic rings. The molecule has 0 fully saturated rings. The molecule has 102 valence electrons. The Balaban J connectivity index is 2.11. The van der Waals surface area contributed by atoms with E-state index in [2.05, 4.69) is 65.2 Å². The molecular weight excluding hydrogens is 320 g/mol. The van der Waals surface area contributed by atoms with Crippen LogP contribution >= 0.6 is 27.3 Å². The molecule has 0 aromatic carbocycles. The van der Waals surface area contributed by atoms with Gasteiger partial charge in [0.1, 0.15) is 0 Å². The molecule has 0 aliphatic heterocycles. The first kappa shape index (κ1) is 14.7. The number of halogens is 1. The molecule has 0 aliphatic carbocycles. The molecule has 2 heterocycles. The number of hydrogen-bond acceptors (Lipinski definition) is 3. The largest absolute Gasteiger partial charge is 0.303 e. The first-order valence-electron chi connectivity index (χ1n) is 6.47. The zero-order valence-corrected chi connectivity index (χ0v) is 13.9. The van der Waals surface area contributed by atoms with E-state index in [0.717, 1.165) is 12.2 Å². The predicted octanol–water partition coefficient (Wildman–Crippen LogP) is 4.70. The van der Waals surface area contributed by atoms with Crippen molar-refractivity contribution < 1.29 is 0 Å². The van der Waals surface area contributed by atoms with Gasteiger partial charge in [0.2, 0.25) is 0 Å². The zero-order chi connectivity index (χ0) is 13.8. The van der Waals surface area contributed by atoms with Gasteiger partial charge >= 0.3 is 0 Å². The fourth-order valence-corrected chi connectivity index (χ4v) is 3.56. The molecule has 0 radical (unpaired) electrons. The Labute approximate surface area is 127 Å². The predicted molar refractivity (Wildman–Crippen MR) is 85.4 cm³/mol. The second-order valence-electron chi connectivity index (χ2n) is 5.01. The van der Waals surface area contributed by atoms with Gasteiger partial charge < -0.3 is 5.32 Å². The van der Waals surface area contributed by atoms with Gasteiger partial charge in [0.25, 0.3) is 0 Å². The van der Waals surface area contributed by atoms with E-state index in [4.69, 9.17) is 0 Å². The number of nitrogens with zero attached hydrogens (tertiary/aromatic N) is 1. The third-order valence-electron chi connectivity index (χ3n) is 3.14. The third kappa shape index (κ3) is 3.88. The maximum absolute atomic E-state index is 4.55. The van der Waals surface area contributed by atoms with Crippen LogP contribution in [-0.2, 0) is 6.54 Å². The monoisotopic (exact) mass is 338 g/mol. The lowest BCUT2D eigenvalue weighted by Gasteiger charge is -2.23. The summed E-state index contributed by atoms with van der Waals surface area (Å²) in [6, 6.07) is 8.66. The van der Waals surface area contributed by atoms with E-state index in [1.54, 1.807) is 11.3 Å². The van der Waals surface area contributed by atoms with Crippen molar-refractivity contribution in [3.05, 3.63) is 50.4 Å². The van der Waals surface area contributed by atoms with Crippen molar-refractivity contribution in [3.8, 4) is 0 Å². The van der Waals surface area contributed by atoms with Crippen molar-refractivity contribution in [1.82, 2.24) is 10.3 Å². The normalized spacial score (nSPS) is 12.9. The minimum Gasteiger partial charge on any atom is -0.303 e. The van der Waals surface area contributed by atoms with E-state index in [9.17, 15) is 0 Å². The van der Waals surface area contributed by atoms with Crippen LogP contribution in [0.15, 0.2) is 34.2 Å². The Morgan fingerprint density at radius 1 is 1.32 bits per heavy atom. The van der Waals surface area contributed by atoms with E-state index >= 15 is 0 Å². The SMILES string of the molecule is Cc1cccnc1C(NCc1ccc(Br)s1)C(C)C. The van der Waals surface area contributed by atoms with Crippen molar-refractivity contribution in [2.24, 2.45) is 5.92 Å². The Morgan fingerprint density at radius 3 is 2.68 bits per heavy atom. The average Bonchev–Trinajstić information content (AvgIpc) is 2.77. The molecular formula is C15H19BrN2S. The van der Waals surface area contributed by atoms with Crippen LogP contribution in [-0.4, -0.2) is 4.98 Å². The minimum absolute atomic E-state index is 0.294. The number of aromatic nitrogens is 1. The molecule has 2 aromatic heterocycles. The summed E-state index contributed by atoms with van der Waals surface area (Å²) in [5.74, 6) is 0.511. The molecule has 2 rings (SSSR count). The van der Waals surface area contributed by atoms with Crippen molar-refractivity contribution in [3.63, 3.8) is 0 Å². The molecule has 2 aromatic rings. The van der Waals surface area contributed by atoms with Gasteiger partial charge in [-0.2, -0.15) is 0 Å². The van der Waals surface area contributed by atoms with E-state index in [-0.39, 0.29) is 0 Å². The van der Waals surface area contributed by atoms with Crippen molar-refractivity contribution in [1.29, 1.82) is 0 Å². The first-order valence-corrected chi connectivity index (χ1v) is 8.08. The van der Waals surface area contributed by atoms with E-state index < -0.39 is 0 Å². The standard InChI is InChI=1S/C15H19BrN2S/c1-10(2)14(15-11(3)5-4-8-17-15)18-9-12-6-7-13(16)19-12/h4-8,10,14,18H,9H2,1-3H3. The lowest BCUT2D eigenvalue weighted by molar-refractivity contribution is 0.402. The molecule has 1 atom stereocenters. The summed E-state index contributed by atoms with van der Waals surface area (Å²) in [5, 5.41) is 3.63. The highest BCUT2D eigenvalue weighted by Gasteiger charge is 2.18. The van der Waals surface area contributed by atoms with Crippen LogP contribution in [0.25, 0.3) is 0 Å². The van der Waals surface area contributed by atoms with Gasteiger partial charge in [0.05, 0.1) is 15.5 Å². The highest BCUT2D eigenvalue weighted by atomic mass is 79.9. The molecule has 0 bridgehead atoms. The van der Waals surface area contributed by atoms with Crippen LogP contribution < -0.4 is 5.32 Å². The number of hydrogen-bond donors (Lipinski definition) is 1. The topological polar surface area (TPSA) is 24.9 Å². The van der Waals surface area contributed by atoms with Gasteiger partial charge in [0.15, 0.2) is 0 Å². The molecule has 2 nitrogen and oxygen atoms in total. The van der Waals surface area contributed by atoms with E-state index in [1.807, 2.05) is 12.3 Å². The average molecular weight is 339 g/mol. The van der Waals surface area contributed by atoms with Crippen LogP contribution in [0.3, 0.4) is 0 Å². The number of nitrogens with one attached hydrogen (secondary N) is 1. The number of aryl methyl sites for hydroxylation is 1. The lowest BCUT2D eigenvalue weighted by Crippen LogP contribution is -2.26. The van der Waals surface area contributed by atoms with Crippen LogP contribution in [0.2, 0.25) is 0 Å². The van der Waals surface area contributed by atoms with Gasteiger partial charge in [0, 0.05) is 17.6 Å². The van der Waals surface area contributed by atoms with Gasteiger partial charge in [-0.1, -0.05) is 19.9 Å². The van der Waals surface area contributed by atoms with Crippen LogP contribution in [0.5, 0.6) is 0 Å². The maximum Gasteiger partial charge on any atom is 0.0701 e. The second-order valence-corrected chi connectivity index (χ2v) is 7.56. The molecule has 1 N–H and O–H groups in total. The summed E-state index contributed by atoms with van der Waals surface area (Å²) >= 11 is 5.28. The summed E-state index contributed by atoms with van der Waals surface area (Å²) in [6.07, 6.45) is 1.88. The Kier molecular flexibility index (Phi) is 5.13. The molecule has 1 unspecified atom stereocenters. The molecule has 0 saturated heterocycles.